The first kappa shape index (κ1) is 14.3. The summed E-state index contributed by atoms with van der Waals surface area (Å²) < 4.78 is 0. The van der Waals surface area contributed by atoms with Crippen LogP contribution < -0.4 is 5.73 Å². The summed E-state index contributed by atoms with van der Waals surface area (Å²) in [7, 11) is 2.33. The van der Waals surface area contributed by atoms with Gasteiger partial charge in [0.25, 0.3) is 0 Å². The topological polar surface area (TPSA) is 29.3 Å². The van der Waals surface area contributed by atoms with Crippen LogP contribution in [0.4, 0.5) is 0 Å². The molecule has 0 aromatic rings. The summed E-state index contributed by atoms with van der Waals surface area (Å²) in [5.74, 6) is 1.88. The van der Waals surface area contributed by atoms with E-state index in [9.17, 15) is 0 Å². The van der Waals surface area contributed by atoms with Crippen molar-refractivity contribution in [1.29, 1.82) is 0 Å². The molecule has 0 aromatic carbocycles. The fraction of sp³-hybridized carbons (Fsp3) is 1.00. The van der Waals surface area contributed by atoms with Crippen molar-refractivity contribution < 1.29 is 0 Å². The molecular weight excluding hydrogens is 220 g/mol. The van der Waals surface area contributed by atoms with Gasteiger partial charge in [0.1, 0.15) is 0 Å². The highest BCUT2D eigenvalue weighted by molar-refractivity contribution is 4.93. The summed E-state index contributed by atoms with van der Waals surface area (Å²) in [5, 5.41) is 0. The number of rotatable bonds is 5. The standard InChI is InChI=1S/C16H32N2/c1-13-7-9-15(10-8-13)18(3)16(2,12-17)11-14-5-4-6-14/h13-15H,4-12,17H2,1-3H3. The van der Waals surface area contributed by atoms with Crippen molar-refractivity contribution in [2.45, 2.75) is 76.8 Å². The molecule has 0 radical (unpaired) electrons. The third kappa shape index (κ3) is 3.08. The monoisotopic (exact) mass is 252 g/mol. The van der Waals surface area contributed by atoms with Crippen molar-refractivity contribution in [2.75, 3.05) is 13.6 Å². The van der Waals surface area contributed by atoms with Crippen LogP contribution in [0.5, 0.6) is 0 Å². The Morgan fingerprint density at radius 2 is 1.72 bits per heavy atom. The van der Waals surface area contributed by atoms with E-state index in [4.69, 9.17) is 5.73 Å². The highest BCUT2D eigenvalue weighted by Gasteiger charge is 2.37. The molecule has 2 rings (SSSR count). The second kappa shape index (κ2) is 5.92. The maximum atomic E-state index is 6.13. The maximum absolute atomic E-state index is 6.13. The van der Waals surface area contributed by atoms with Crippen LogP contribution in [-0.2, 0) is 0 Å². The number of nitrogens with zero attached hydrogens (tertiary/aromatic N) is 1. The molecule has 18 heavy (non-hydrogen) atoms. The molecule has 2 aliphatic carbocycles. The zero-order valence-electron chi connectivity index (χ0n) is 12.6. The second-order valence-electron chi connectivity index (χ2n) is 7.23. The van der Waals surface area contributed by atoms with Crippen LogP contribution >= 0.6 is 0 Å². The number of hydrogen-bond acceptors (Lipinski definition) is 2. The predicted octanol–water partition coefficient (Wildman–Crippen LogP) is 3.40. The summed E-state index contributed by atoms with van der Waals surface area (Å²) in [6.45, 7) is 5.60. The Balaban J connectivity index is 1.92. The number of hydrogen-bond donors (Lipinski definition) is 1. The first-order chi connectivity index (χ1) is 8.55. The predicted molar refractivity (Wildman–Crippen MR) is 78.6 cm³/mol. The fourth-order valence-corrected chi connectivity index (χ4v) is 3.76. The Hall–Kier alpha value is -0.0800. The SMILES string of the molecule is CC1CCC(N(C)C(C)(CN)CC2CCC2)CC1. The van der Waals surface area contributed by atoms with E-state index >= 15 is 0 Å². The first-order valence-electron chi connectivity index (χ1n) is 7.98. The molecule has 0 aliphatic heterocycles. The molecule has 2 heteroatoms. The molecule has 0 aromatic heterocycles. The summed E-state index contributed by atoms with van der Waals surface area (Å²) in [4.78, 5) is 2.64. The molecular formula is C16H32N2. The van der Waals surface area contributed by atoms with Gasteiger partial charge in [-0.05, 0) is 57.9 Å². The molecule has 0 saturated heterocycles. The van der Waals surface area contributed by atoms with E-state index in [1.165, 1.54) is 51.4 Å². The van der Waals surface area contributed by atoms with Crippen molar-refractivity contribution in [3.63, 3.8) is 0 Å². The van der Waals surface area contributed by atoms with Gasteiger partial charge in [0.15, 0.2) is 0 Å². The molecule has 2 saturated carbocycles. The van der Waals surface area contributed by atoms with Gasteiger partial charge >= 0.3 is 0 Å². The van der Waals surface area contributed by atoms with E-state index < -0.39 is 0 Å². The van der Waals surface area contributed by atoms with E-state index in [1.54, 1.807) is 0 Å². The van der Waals surface area contributed by atoms with Crippen LogP contribution in [0.25, 0.3) is 0 Å². The van der Waals surface area contributed by atoms with Crippen molar-refractivity contribution in [3.05, 3.63) is 0 Å². The molecule has 106 valence electrons. The van der Waals surface area contributed by atoms with Crippen molar-refractivity contribution in [3.8, 4) is 0 Å². The van der Waals surface area contributed by atoms with Gasteiger partial charge in [0.2, 0.25) is 0 Å². The average Bonchev–Trinajstić information content (AvgIpc) is 2.34. The molecule has 0 bridgehead atoms. The molecule has 0 amide bonds. The Bertz CT molecular complexity index is 254. The van der Waals surface area contributed by atoms with Gasteiger partial charge in [-0.1, -0.05) is 26.2 Å². The smallest absolute Gasteiger partial charge is 0.0306 e. The minimum absolute atomic E-state index is 0.232. The lowest BCUT2D eigenvalue weighted by Crippen LogP contribution is -2.55. The van der Waals surface area contributed by atoms with E-state index in [2.05, 4.69) is 25.8 Å². The van der Waals surface area contributed by atoms with E-state index in [0.717, 1.165) is 24.4 Å². The highest BCUT2D eigenvalue weighted by atomic mass is 15.2. The van der Waals surface area contributed by atoms with Crippen LogP contribution in [0.2, 0.25) is 0 Å². The summed E-state index contributed by atoms with van der Waals surface area (Å²) in [5.41, 5.74) is 6.36. The number of likely N-dealkylation sites (N-methyl/N-ethyl adjacent to an activating group) is 1. The Morgan fingerprint density at radius 1 is 1.11 bits per heavy atom. The van der Waals surface area contributed by atoms with Gasteiger partial charge in [0.05, 0.1) is 0 Å². The van der Waals surface area contributed by atoms with Gasteiger partial charge < -0.3 is 5.73 Å². The lowest BCUT2D eigenvalue weighted by atomic mass is 9.75. The normalized spacial score (nSPS) is 33.2. The van der Waals surface area contributed by atoms with Gasteiger partial charge in [-0.15, -0.1) is 0 Å². The average molecular weight is 252 g/mol. The van der Waals surface area contributed by atoms with Gasteiger partial charge in [0, 0.05) is 18.1 Å². The Labute approximate surface area is 113 Å². The van der Waals surface area contributed by atoms with Crippen LogP contribution in [0.15, 0.2) is 0 Å². The summed E-state index contributed by atoms with van der Waals surface area (Å²) in [6.07, 6.45) is 11.2. The van der Waals surface area contributed by atoms with Crippen LogP contribution in [-0.4, -0.2) is 30.1 Å². The lowest BCUT2D eigenvalue weighted by molar-refractivity contribution is 0.0342. The highest BCUT2D eigenvalue weighted by Crippen LogP contribution is 2.38. The molecule has 2 aliphatic rings. The van der Waals surface area contributed by atoms with Gasteiger partial charge in [-0.2, -0.15) is 0 Å². The third-order valence-corrected chi connectivity index (χ3v) is 5.78. The minimum Gasteiger partial charge on any atom is -0.329 e. The van der Waals surface area contributed by atoms with Crippen LogP contribution in [0, 0.1) is 11.8 Å². The van der Waals surface area contributed by atoms with E-state index in [-0.39, 0.29) is 5.54 Å². The lowest BCUT2D eigenvalue weighted by Gasteiger charge is -2.47. The Morgan fingerprint density at radius 3 is 2.17 bits per heavy atom. The van der Waals surface area contributed by atoms with Crippen molar-refractivity contribution in [1.82, 2.24) is 4.90 Å². The first-order valence-corrected chi connectivity index (χ1v) is 7.98. The molecule has 0 heterocycles. The Kier molecular flexibility index (Phi) is 4.71. The zero-order chi connectivity index (χ0) is 13.2. The fourth-order valence-electron chi connectivity index (χ4n) is 3.76. The zero-order valence-corrected chi connectivity index (χ0v) is 12.6. The molecule has 2 nitrogen and oxygen atoms in total. The third-order valence-electron chi connectivity index (χ3n) is 5.78. The minimum atomic E-state index is 0.232. The van der Waals surface area contributed by atoms with Gasteiger partial charge in [-0.3, -0.25) is 4.90 Å². The van der Waals surface area contributed by atoms with E-state index in [1.807, 2.05) is 0 Å². The maximum Gasteiger partial charge on any atom is 0.0306 e. The largest absolute Gasteiger partial charge is 0.329 e. The molecule has 1 unspecified atom stereocenters. The second-order valence-corrected chi connectivity index (χ2v) is 7.23. The molecule has 2 fully saturated rings. The van der Waals surface area contributed by atoms with Gasteiger partial charge in [-0.25, -0.2) is 0 Å². The van der Waals surface area contributed by atoms with Crippen LogP contribution in [0.1, 0.15) is 65.2 Å². The molecule has 0 spiro atoms. The summed E-state index contributed by atoms with van der Waals surface area (Å²) >= 11 is 0. The number of nitrogens with two attached hydrogens (primary N) is 1. The van der Waals surface area contributed by atoms with Crippen molar-refractivity contribution in [2.24, 2.45) is 17.6 Å². The summed E-state index contributed by atoms with van der Waals surface area (Å²) in [6, 6.07) is 0.773. The quantitative estimate of drug-likeness (QED) is 0.812. The molecule has 2 N–H and O–H groups in total. The van der Waals surface area contributed by atoms with Crippen molar-refractivity contribution >= 4 is 0 Å². The van der Waals surface area contributed by atoms with Crippen LogP contribution in [0.3, 0.4) is 0 Å². The van der Waals surface area contributed by atoms with E-state index in [0.29, 0.717) is 0 Å². The molecule has 1 atom stereocenters.